The Morgan fingerprint density at radius 1 is 1.12 bits per heavy atom. The van der Waals surface area contributed by atoms with E-state index in [1.54, 1.807) is 17.8 Å². The molecule has 1 aliphatic carbocycles. The van der Waals surface area contributed by atoms with Gasteiger partial charge in [-0.3, -0.25) is 4.99 Å². The summed E-state index contributed by atoms with van der Waals surface area (Å²) in [6.07, 6.45) is 5.19. The number of fused-ring (bicyclic) bond motifs is 2. The molecule has 0 saturated heterocycles. The molecule has 0 radical (unpaired) electrons. The smallest absolute Gasteiger partial charge is 0.157 e. The van der Waals surface area contributed by atoms with Crippen LogP contribution < -0.4 is 5.49 Å². The summed E-state index contributed by atoms with van der Waals surface area (Å²) in [5.41, 5.74) is 9.26. The average Bonchev–Trinajstić information content (AvgIpc) is 3.46. The van der Waals surface area contributed by atoms with Crippen LogP contribution in [0, 0.1) is 18.3 Å². The summed E-state index contributed by atoms with van der Waals surface area (Å²) in [4.78, 5) is 4.41. The summed E-state index contributed by atoms with van der Waals surface area (Å²) in [6.45, 7) is 2.47. The molecule has 32 heavy (non-hydrogen) atoms. The lowest BCUT2D eigenvalue weighted by atomic mass is 9.91. The van der Waals surface area contributed by atoms with Gasteiger partial charge in [-0.15, -0.1) is 0 Å². The van der Waals surface area contributed by atoms with E-state index in [2.05, 4.69) is 54.4 Å². The molecule has 1 N–H and O–H groups in total. The highest BCUT2D eigenvalue weighted by molar-refractivity contribution is 5.88. The van der Waals surface area contributed by atoms with E-state index in [9.17, 15) is 10.4 Å². The van der Waals surface area contributed by atoms with Crippen LogP contribution in [0.5, 0.6) is 0 Å². The van der Waals surface area contributed by atoms with E-state index in [4.69, 9.17) is 4.42 Å². The standard InChI is InChI=1S/C27H25N3O2/c1-17-20(23-11-4-7-18-6-3-10-22(18)23)8-5-9-21(17)25-14-24-26(32-25)19(15-28)16-30(12-13-31)27(24)29-2/h4-5,7-9,11,14,16,31H,3,6,10,12-13H2,1-2H3/b29-27+. The van der Waals surface area contributed by atoms with Crippen molar-refractivity contribution in [2.24, 2.45) is 4.99 Å². The minimum atomic E-state index is -0.0309. The van der Waals surface area contributed by atoms with Gasteiger partial charge >= 0.3 is 0 Å². The van der Waals surface area contributed by atoms with E-state index in [1.165, 1.54) is 28.7 Å². The number of pyridine rings is 1. The largest absolute Gasteiger partial charge is 0.454 e. The Morgan fingerprint density at radius 3 is 2.69 bits per heavy atom. The van der Waals surface area contributed by atoms with Crippen LogP contribution in [0.1, 0.15) is 28.7 Å². The molecule has 0 bridgehead atoms. The van der Waals surface area contributed by atoms with E-state index in [0.717, 1.165) is 35.1 Å². The number of aromatic nitrogens is 1. The summed E-state index contributed by atoms with van der Waals surface area (Å²) < 4.78 is 8.06. The van der Waals surface area contributed by atoms with E-state index < -0.39 is 0 Å². The number of nitrogens with zero attached hydrogens (tertiary/aromatic N) is 3. The van der Waals surface area contributed by atoms with E-state index in [-0.39, 0.29) is 6.61 Å². The summed E-state index contributed by atoms with van der Waals surface area (Å²) in [7, 11) is 1.71. The first-order valence-corrected chi connectivity index (χ1v) is 11.0. The van der Waals surface area contributed by atoms with Gasteiger partial charge in [0.25, 0.3) is 0 Å². The van der Waals surface area contributed by atoms with Crippen molar-refractivity contribution in [3.05, 3.63) is 76.4 Å². The van der Waals surface area contributed by atoms with E-state index in [0.29, 0.717) is 23.2 Å². The van der Waals surface area contributed by atoms with E-state index in [1.807, 2.05) is 6.07 Å². The molecule has 0 atom stereocenters. The van der Waals surface area contributed by atoms with Crippen molar-refractivity contribution in [1.82, 2.24) is 4.57 Å². The number of benzene rings is 2. The molecule has 5 heteroatoms. The SMILES string of the molecule is C/N=c1\c2cc(-c3cccc(-c4cccc5c4CCC5)c3C)oc2c(C#N)cn1CCO. The zero-order chi connectivity index (χ0) is 22.2. The van der Waals surface area contributed by atoms with E-state index >= 15 is 0 Å². The summed E-state index contributed by atoms with van der Waals surface area (Å²) >= 11 is 0. The Bertz CT molecular complexity index is 1450. The minimum absolute atomic E-state index is 0.0309. The Hall–Kier alpha value is -3.62. The zero-order valence-electron chi connectivity index (χ0n) is 18.4. The third kappa shape index (κ3) is 3.16. The van der Waals surface area contributed by atoms with Crippen molar-refractivity contribution in [2.75, 3.05) is 13.7 Å². The number of hydrogen-bond donors (Lipinski definition) is 1. The van der Waals surface area contributed by atoms with Crippen LogP contribution in [0.3, 0.4) is 0 Å². The fourth-order valence-electron chi connectivity index (χ4n) is 4.99. The predicted molar refractivity (Wildman–Crippen MR) is 125 cm³/mol. The van der Waals surface area contributed by atoms with Gasteiger partial charge in [0.15, 0.2) is 5.58 Å². The molecule has 2 heterocycles. The number of rotatable bonds is 4. The topological polar surface area (TPSA) is 74.5 Å². The van der Waals surface area contributed by atoms with Crippen molar-refractivity contribution in [2.45, 2.75) is 32.7 Å². The van der Waals surface area contributed by atoms with Crippen molar-refractivity contribution in [3.8, 4) is 28.5 Å². The van der Waals surface area contributed by atoms with Gasteiger partial charge in [-0.1, -0.05) is 36.4 Å². The molecule has 0 fully saturated rings. The van der Waals surface area contributed by atoms with Gasteiger partial charge in [0.05, 0.1) is 12.0 Å². The lowest BCUT2D eigenvalue weighted by molar-refractivity contribution is 0.274. The molecular formula is C27H25N3O2. The van der Waals surface area contributed by atoms with Crippen LogP contribution in [0.25, 0.3) is 33.4 Å². The molecule has 0 amide bonds. The molecule has 160 valence electrons. The van der Waals surface area contributed by atoms with Crippen molar-refractivity contribution >= 4 is 11.0 Å². The van der Waals surface area contributed by atoms with Gasteiger partial charge in [-0.2, -0.15) is 5.26 Å². The fraction of sp³-hybridized carbons (Fsp3) is 0.259. The number of nitriles is 1. The van der Waals surface area contributed by atoms with Gasteiger partial charge in [0, 0.05) is 25.4 Å². The third-order valence-electron chi connectivity index (χ3n) is 6.48. The molecule has 1 aliphatic rings. The van der Waals surface area contributed by atoms with Crippen LogP contribution in [0.4, 0.5) is 0 Å². The monoisotopic (exact) mass is 423 g/mol. The van der Waals surface area contributed by atoms with Crippen molar-refractivity contribution in [1.29, 1.82) is 5.26 Å². The second-order valence-corrected chi connectivity index (χ2v) is 8.25. The molecule has 2 aromatic heterocycles. The van der Waals surface area contributed by atoms with Gasteiger partial charge in [0.2, 0.25) is 0 Å². The Morgan fingerprint density at radius 2 is 1.91 bits per heavy atom. The number of furan rings is 1. The second-order valence-electron chi connectivity index (χ2n) is 8.25. The Labute approximate surface area is 186 Å². The number of aryl methyl sites for hydroxylation is 1. The van der Waals surface area contributed by atoms with Crippen LogP contribution in [0.15, 0.2) is 58.1 Å². The molecule has 5 rings (SSSR count). The normalized spacial score (nSPS) is 13.5. The molecule has 4 aromatic rings. The predicted octanol–water partition coefficient (Wildman–Crippen LogP) is 4.76. The molecular weight excluding hydrogens is 398 g/mol. The second kappa shape index (κ2) is 8.14. The first-order valence-electron chi connectivity index (χ1n) is 11.0. The quantitative estimate of drug-likeness (QED) is 0.514. The Balaban J connectivity index is 1.72. The first kappa shape index (κ1) is 20.3. The van der Waals surface area contributed by atoms with Crippen molar-refractivity contribution < 1.29 is 9.52 Å². The van der Waals surface area contributed by atoms with Crippen LogP contribution in [-0.4, -0.2) is 23.3 Å². The van der Waals surface area contributed by atoms with Gasteiger partial charge in [-0.25, -0.2) is 0 Å². The lowest BCUT2D eigenvalue weighted by Gasteiger charge is -2.14. The fourth-order valence-corrected chi connectivity index (χ4v) is 4.99. The highest BCUT2D eigenvalue weighted by Gasteiger charge is 2.20. The van der Waals surface area contributed by atoms with Gasteiger partial charge in [0.1, 0.15) is 22.9 Å². The summed E-state index contributed by atoms with van der Waals surface area (Å²) in [5, 5.41) is 19.9. The molecule has 5 nitrogen and oxygen atoms in total. The molecule has 0 saturated carbocycles. The highest BCUT2D eigenvalue weighted by atomic mass is 16.3. The number of aliphatic hydroxyl groups is 1. The van der Waals surface area contributed by atoms with Crippen LogP contribution in [0.2, 0.25) is 0 Å². The maximum absolute atomic E-state index is 9.69. The Kier molecular flexibility index (Phi) is 5.16. The summed E-state index contributed by atoms with van der Waals surface area (Å²) in [5.74, 6) is 0.718. The number of aliphatic hydroxyl groups excluding tert-OH is 1. The third-order valence-corrected chi connectivity index (χ3v) is 6.48. The molecule has 0 aliphatic heterocycles. The average molecular weight is 424 g/mol. The van der Waals surface area contributed by atoms with Gasteiger partial charge < -0.3 is 14.1 Å². The highest BCUT2D eigenvalue weighted by Crippen LogP contribution is 2.38. The zero-order valence-corrected chi connectivity index (χ0v) is 18.4. The maximum atomic E-state index is 9.69. The lowest BCUT2D eigenvalue weighted by Crippen LogP contribution is -2.23. The van der Waals surface area contributed by atoms with Crippen LogP contribution in [-0.2, 0) is 19.4 Å². The minimum Gasteiger partial charge on any atom is -0.454 e. The molecule has 0 unspecified atom stereocenters. The maximum Gasteiger partial charge on any atom is 0.157 e. The molecule has 2 aromatic carbocycles. The summed E-state index contributed by atoms with van der Waals surface area (Å²) in [6, 6.07) is 17.1. The van der Waals surface area contributed by atoms with Crippen molar-refractivity contribution in [3.63, 3.8) is 0 Å². The molecule has 0 spiro atoms. The van der Waals surface area contributed by atoms with Gasteiger partial charge in [-0.05, 0) is 60.1 Å². The number of hydrogen-bond acceptors (Lipinski definition) is 4. The van der Waals surface area contributed by atoms with Crippen LogP contribution >= 0.6 is 0 Å². The first-order chi connectivity index (χ1) is 15.7.